The van der Waals surface area contributed by atoms with Gasteiger partial charge in [-0.1, -0.05) is 18.2 Å². The van der Waals surface area contributed by atoms with Gasteiger partial charge in [0, 0.05) is 13.1 Å². The van der Waals surface area contributed by atoms with Gasteiger partial charge < -0.3 is 25.8 Å². The lowest BCUT2D eigenvalue weighted by molar-refractivity contribution is 0.0950. The molecule has 152 valence electrons. The molecule has 0 spiro atoms. The molecule has 0 atom stereocenters. The van der Waals surface area contributed by atoms with Crippen molar-refractivity contribution >= 4 is 35.8 Å². The number of aliphatic imine (C=N–C) groups is 1. The molecular formula is C19H24FIN4O3. The Morgan fingerprint density at radius 1 is 1.07 bits per heavy atom. The predicted molar refractivity (Wildman–Crippen MR) is 117 cm³/mol. The minimum absolute atomic E-state index is 0. The van der Waals surface area contributed by atoms with Gasteiger partial charge in [-0.15, -0.1) is 24.0 Å². The van der Waals surface area contributed by atoms with E-state index in [0.717, 1.165) is 5.56 Å². The van der Waals surface area contributed by atoms with E-state index in [1.807, 2.05) is 12.1 Å². The lowest BCUT2D eigenvalue weighted by Gasteiger charge is -2.09. The molecule has 2 rings (SSSR count). The molecule has 0 aliphatic rings. The molecule has 0 heterocycles. The number of halogens is 2. The Morgan fingerprint density at radius 3 is 2.43 bits per heavy atom. The number of carbonyl (C=O) groups excluding carboxylic acids is 1. The number of nitrogens with zero attached hydrogens (tertiary/aromatic N) is 1. The number of hydrogen-bond acceptors (Lipinski definition) is 4. The van der Waals surface area contributed by atoms with Crippen LogP contribution in [0.5, 0.6) is 11.5 Å². The molecule has 2 aromatic carbocycles. The van der Waals surface area contributed by atoms with E-state index in [9.17, 15) is 9.18 Å². The van der Waals surface area contributed by atoms with Gasteiger partial charge in [-0.25, -0.2) is 9.38 Å². The maximum absolute atomic E-state index is 13.5. The minimum atomic E-state index is -0.557. The zero-order chi connectivity index (χ0) is 19.6. The number of ether oxygens (including phenoxy) is 2. The van der Waals surface area contributed by atoms with E-state index < -0.39 is 11.7 Å². The number of methoxy groups -OCH3 is 2. The molecule has 0 aliphatic heterocycles. The van der Waals surface area contributed by atoms with Crippen molar-refractivity contribution in [3.05, 3.63) is 59.4 Å². The van der Waals surface area contributed by atoms with E-state index in [2.05, 4.69) is 15.6 Å². The van der Waals surface area contributed by atoms with E-state index in [4.69, 9.17) is 15.2 Å². The van der Waals surface area contributed by atoms with Crippen LogP contribution in [0.1, 0.15) is 15.9 Å². The second-order valence-electron chi connectivity index (χ2n) is 5.55. The Labute approximate surface area is 180 Å². The van der Waals surface area contributed by atoms with Crippen molar-refractivity contribution in [2.45, 2.75) is 6.54 Å². The largest absolute Gasteiger partial charge is 0.493 e. The van der Waals surface area contributed by atoms with Crippen molar-refractivity contribution in [3.63, 3.8) is 0 Å². The summed E-state index contributed by atoms with van der Waals surface area (Å²) in [5.74, 6) is 0.467. The third-order valence-electron chi connectivity index (χ3n) is 3.72. The van der Waals surface area contributed by atoms with Crippen molar-refractivity contribution in [3.8, 4) is 11.5 Å². The molecule has 1 amide bonds. The first kappa shape index (κ1) is 23.5. The number of guanidine groups is 1. The fourth-order valence-corrected chi connectivity index (χ4v) is 2.32. The summed E-state index contributed by atoms with van der Waals surface area (Å²) in [5.41, 5.74) is 6.73. The highest BCUT2D eigenvalue weighted by molar-refractivity contribution is 14.0. The van der Waals surface area contributed by atoms with Gasteiger partial charge in [0.05, 0.1) is 26.3 Å². The molecule has 0 aliphatic carbocycles. The summed E-state index contributed by atoms with van der Waals surface area (Å²) in [7, 11) is 3.14. The van der Waals surface area contributed by atoms with Crippen molar-refractivity contribution in [2.24, 2.45) is 10.7 Å². The minimum Gasteiger partial charge on any atom is -0.493 e. The Balaban J connectivity index is 0.00000392. The quantitative estimate of drug-likeness (QED) is 0.223. The summed E-state index contributed by atoms with van der Waals surface area (Å²) in [5, 5.41) is 5.50. The van der Waals surface area contributed by atoms with Crippen molar-refractivity contribution in [1.29, 1.82) is 0 Å². The summed E-state index contributed by atoms with van der Waals surface area (Å²) in [6.07, 6.45) is 0. The first-order valence-corrected chi connectivity index (χ1v) is 8.32. The number of rotatable bonds is 8. The van der Waals surface area contributed by atoms with Crippen LogP contribution in [0.2, 0.25) is 0 Å². The summed E-state index contributed by atoms with van der Waals surface area (Å²) < 4.78 is 23.9. The van der Waals surface area contributed by atoms with Crippen LogP contribution >= 0.6 is 24.0 Å². The van der Waals surface area contributed by atoms with Gasteiger partial charge in [0.15, 0.2) is 17.5 Å². The van der Waals surface area contributed by atoms with Gasteiger partial charge in [0.25, 0.3) is 5.91 Å². The van der Waals surface area contributed by atoms with E-state index in [1.165, 1.54) is 18.2 Å². The van der Waals surface area contributed by atoms with Gasteiger partial charge in [-0.3, -0.25) is 4.79 Å². The molecule has 28 heavy (non-hydrogen) atoms. The number of carbonyl (C=O) groups is 1. The van der Waals surface area contributed by atoms with Gasteiger partial charge in [-0.05, 0) is 29.8 Å². The molecule has 2 aromatic rings. The van der Waals surface area contributed by atoms with Crippen LogP contribution in [0, 0.1) is 5.82 Å². The fourth-order valence-electron chi connectivity index (χ4n) is 2.32. The lowest BCUT2D eigenvalue weighted by Crippen LogP contribution is -2.38. The maximum Gasteiger partial charge on any atom is 0.254 e. The Kier molecular flexibility index (Phi) is 10.1. The third kappa shape index (κ3) is 6.87. The summed E-state index contributed by atoms with van der Waals surface area (Å²) in [6, 6.07) is 11.3. The van der Waals surface area contributed by atoms with E-state index in [1.54, 1.807) is 26.4 Å². The molecule has 0 fully saturated rings. The molecule has 0 aromatic heterocycles. The number of benzene rings is 2. The highest BCUT2D eigenvalue weighted by Crippen LogP contribution is 2.27. The van der Waals surface area contributed by atoms with Crippen LogP contribution in [0.25, 0.3) is 0 Å². The standard InChI is InChI=1S/C19H23FN4O3.HI/c1-26-16-8-7-13(11-17(16)27-2)12-24-19(21)23-10-9-22-18(25)14-5-3-4-6-15(14)20;/h3-8,11H,9-10,12H2,1-2H3,(H,22,25)(H3,21,23,24);1H. The lowest BCUT2D eigenvalue weighted by atomic mass is 10.2. The second kappa shape index (κ2) is 12.0. The Hall–Kier alpha value is -2.56. The monoisotopic (exact) mass is 502 g/mol. The first-order chi connectivity index (χ1) is 13.0. The van der Waals surface area contributed by atoms with Crippen LogP contribution in [-0.2, 0) is 6.54 Å². The Bertz CT molecular complexity index is 818. The van der Waals surface area contributed by atoms with Crippen LogP contribution < -0.4 is 25.8 Å². The molecule has 0 bridgehead atoms. The zero-order valence-electron chi connectivity index (χ0n) is 15.7. The molecule has 0 saturated heterocycles. The molecule has 0 unspecified atom stereocenters. The normalized spacial score (nSPS) is 10.6. The van der Waals surface area contributed by atoms with E-state index in [-0.39, 0.29) is 42.0 Å². The summed E-state index contributed by atoms with van der Waals surface area (Å²) in [4.78, 5) is 16.1. The van der Waals surface area contributed by atoms with Crippen LogP contribution in [0.4, 0.5) is 4.39 Å². The van der Waals surface area contributed by atoms with E-state index in [0.29, 0.717) is 24.6 Å². The van der Waals surface area contributed by atoms with Crippen molar-refractivity contribution in [2.75, 3.05) is 27.3 Å². The molecule has 0 radical (unpaired) electrons. The molecular weight excluding hydrogens is 478 g/mol. The number of nitrogens with two attached hydrogens (primary N) is 1. The number of amides is 1. The molecule has 9 heteroatoms. The predicted octanol–water partition coefficient (Wildman–Crippen LogP) is 2.30. The first-order valence-electron chi connectivity index (χ1n) is 8.32. The fraction of sp³-hybridized carbons (Fsp3) is 0.263. The molecule has 0 saturated carbocycles. The van der Waals surface area contributed by atoms with Gasteiger partial charge in [0.2, 0.25) is 0 Å². The third-order valence-corrected chi connectivity index (χ3v) is 3.72. The van der Waals surface area contributed by atoms with Gasteiger partial charge >= 0.3 is 0 Å². The van der Waals surface area contributed by atoms with E-state index >= 15 is 0 Å². The highest BCUT2D eigenvalue weighted by Gasteiger charge is 2.09. The number of hydrogen-bond donors (Lipinski definition) is 3. The summed E-state index contributed by atoms with van der Waals surface area (Å²) in [6.45, 7) is 1.00. The van der Waals surface area contributed by atoms with Crippen molar-refractivity contribution < 1.29 is 18.7 Å². The van der Waals surface area contributed by atoms with Crippen LogP contribution in [0.15, 0.2) is 47.5 Å². The molecule has 7 nitrogen and oxygen atoms in total. The van der Waals surface area contributed by atoms with Crippen LogP contribution in [-0.4, -0.2) is 39.2 Å². The second-order valence-corrected chi connectivity index (χ2v) is 5.55. The summed E-state index contributed by atoms with van der Waals surface area (Å²) >= 11 is 0. The smallest absolute Gasteiger partial charge is 0.254 e. The van der Waals surface area contributed by atoms with Crippen molar-refractivity contribution in [1.82, 2.24) is 10.6 Å². The maximum atomic E-state index is 13.5. The zero-order valence-corrected chi connectivity index (χ0v) is 18.0. The highest BCUT2D eigenvalue weighted by atomic mass is 127. The average Bonchev–Trinajstić information content (AvgIpc) is 2.69. The SMILES string of the molecule is COc1ccc(CN=C(N)NCCNC(=O)c2ccccc2F)cc1OC.I. The average molecular weight is 502 g/mol. The van der Waals surface area contributed by atoms with Gasteiger partial charge in [-0.2, -0.15) is 0 Å². The van der Waals surface area contributed by atoms with Crippen LogP contribution in [0.3, 0.4) is 0 Å². The number of nitrogens with one attached hydrogen (secondary N) is 2. The Morgan fingerprint density at radius 2 is 1.75 bits per heavy atom. The topological polar surface area (TPSA) is 98.0 Å². The molecule has 4 N–H and O–H groups in total. The van der Waals surface area contributed by atoms with Gasteiger partial charge in [0.1, 0.15) is 5.82 Å².